The second kappa shape index (κ2) is 17.3. The maximum absolute atomic E-state index is 11.8. The first-order chi connectivity index (χ1) is 12.3. The van der Waals surface area contributed by atoms with Crippen molar-refractivity contribution in [3.05, 3.63) is 0 Å². The van der Waals surface area contributed by atoms with Crippen molar-refractivity contribution in [2.75, 3.05) is 0 Å². The van der Waals surface area contributed by atoms with Crippen molar-refractivity contribution in [1.29, 1.82) is 0 Å². The van der Waals surface area contributed by atoms with Crippen molar-refractivity contribution in [1.82, 2.24) is 0 Å². The summed E-state index contributed by atoms with van der Waals surface area (Å²) >= 11 is 0. The van der Waals surface area contributed by atoms with E-state index in [9.17, 15) is 22.9 Å². The number of hydrogen-bond donors (Lipinski definition) is 1. The molecule has 7 heteroatoms. The third-order valence-electron chi connectivity index (χ3n) is 5.23. The average Bonchev–Trinajstić information content (AvgIpc) is 2.57. The van der Waals surface area contributed by atoms with E-state index in [1.54, 1.807) is 0 Å². The van der Waals surface area contributed by atoms with Crippen LogP contribution < -0.4 is 34.7 Å². The van der Waals surface area contributed by atoms with Crippen LogP contribution in [-0.2, 0) is 14.9 Å². The molecule has 0 aliphatic heterocycles. The van der Waals surface area contributed by atoms with Crippen LogP contribution in [0.15, 0.2) is 0 Å². The predicted molar refractivity (Wildman–Crippen MR) is 105 cm³/mol. The predicted octanol–water partition coefficient (Wildman–Crippen LogP) is 1.65. The van der Waals surface area contributed by atoms with E-state index in [0.717, 1.165) is 38.5 Å². The van der Waals surface area contributed by atoms with Gasteiger partial charge in [-0.1, -0.05) is 104 Å². The minimum atomic E-state index is -4.69. The van der Waals surface area contributed by atoms with Gasteiger partial charge in [0.05, 0.1) is 5.97 Å². The third kappa shape index (κ3) is 12.5. The molecular formula is C20H39NaO5S. The summed E-state index contributed by atoms with van der Waals surface area (Å²) < 4.78 is 31.0. The Morgan fingerprint density at radius 1 is 0.741 bits per heavy atom. The Balaban J connectivity index is 0. The Labute approximate surface area is 189 Å². The molecule has 0 bridgehead atoms. The summed E-state index contributed by atoms with van der Waals surface area (Å²) in [6, 6.07) is 0. The van der Waals surface area contributed by atoms with Gasteiger partial charge >= 0.3 is 29.6 Å². The van der Waals surface area contributed by atoms with E-state index >= 15 is 0 Å². The number of carboxylic acid groups (broad SMARTS) is 1. The average molecular weight is 415 g/mol. The van der Waals surface area contributed by atoms with Crippen molar-refractivity contribution < 1.29 is 52.4 Å². The van der Waals surface area contributed by atoms with Gasteiger partial charge in [-0.25, -0.2) is 0 Å². The van der Waals surface area contributed by atoms with E-state index < -0.39 is 20.8 Å². The van der Waals surface area contributed by atoms with Crippen LogP contribution >= 0.6 is 0 Å². The molecule has 0 heterocycles. The van der Waals surface area contributed by atoms with Crippen LogP contribution in [0.2, 0.25) is 0 Å². The molecule has 27 heavy (non-hydrogen) atoms. The van der Waals surface area contributed by atoms with E-state index in [2.05, 4.69) is 6.92 Å². The molecule has 0 aliphatic rings. The van der Waals surface area contributed by atoms with Crippen molar-refractivity contribution in [2.24, 2.45) is 0 Å². The quantitative estimate of drug-likeness (QED) is 0.209. The zero-order valence-electron chi connectivity index (χ0n) is 17.8. The zero-order chi connectivity index (χ0) is 19.9. The normalized spacial score (nSPS) is 13.7. The van der Waals surface area contributed by atoms with Gasteiger partial charge in [0, 0.05) is 0 Å². The molecule has 5 nitrogen and oxygen atoms in total. The molecule has 0 aromatic heterocycles. The molecule has 1 unspecified atom stereocenters. The number of aliphatic carboxylic acids is 1. The molecule has 0 spiro atoms. The van der Waals surface area contributed by atoms with Gasteiger partial charge in [0.2, 0.25) is 0 Å². The van der Waals surface area contributed by atoms with Crippen LogP contribution in [0.25, 0.3) is 0 Å². The summed E-state index contributed by atoms with van der Waals surface area (Å²) in [6.07, 6.45) is 13.8. The first-order valence-corrected chi connectivity index (χ1v) is 11.9. The topological polar surface area (TPSA) is 94.5 Å². The Morgan fingerprint density at radius 2 is 1.04 bits per heavy atom. The Bertz CT molecular complexity index is 467. The maximum atomic E-state index is 11.8. The van der Waals surface area contributed by atoms with Crippen LogP contribution in [0.4, 0.5) is 0 Å². The number of carbonyl (C=O) groups is 1. The van der Waals surface area contributed by atoms with Crippen molar-refractivity contribution >= 4 is 16.1 Å². The number of carboxylic acids is 1. The number of carbonyl (C=O) groups excluding carboxylic acids is 1. The van der Waals surface area contributed by atoms with Gasteiger partial charge in [0.15, 0.2) is 0 Å². The molecule has 1 atom stereocenters. The molecule has 0 aromatic rings. The first-order valence-electron chi connectivity index (χ1n) is 10.5. The molecule has 0 rings (SSSR count). The minimum absolute atomic E-state index is 0. The molecule has 1 N–H and O–H groups in total. The van der Waals surface area contributed by atoms with E-state index in [0.29, 0.717) is 12.8 Å². The summed E-state index contributed by atoms with van der Waals surface area (Å²) in [4.78, 5) is 11.6. The molecule has 0 aliphatic carbocycles. The van der Waals surface area contributed by atoms with Crippen LogP contribution in [0.1, 0.15) is 117 Å². The van der Waals surface area contributed by atoms with Gasteiger partial charge in [0.1, 0.15) is 4.75 Å². The fraction of sp³-hybridized carbons (Fsp3) is 0.950. The second-order valence-electron chi connectivity index (χ2n) is 7.50. The van der Waals surface area contributed by atoms with Crippen LogP contribution in [0, 0.1) is 0 Å². The summed E-state index contributed by atoms with van der Waals surface area (Å²) in [5.74, 6) is -1.66. The van der Waals surface area contributed by atoms with Gasteiger partial charge < -0.3 is 9.90 Å². The molecule has 0 aromatic carbocycles. The fourth-order valence-corrected chi connectivity index (χ4v) is 4.44. The molecule has 0 saturated carbocycles. The van der Waals surface area contributed by atoms with E-state index in [-0.39, 0.29) is 42.4 Å². The smallest absolute Gasteiger partial charge is 0.548 e. The summed E-state index contributed by atoms with van der Waals surface area (Å²) in [5.41, 5.74) is 0. The van der Waals surface area contributed by atoms with Crippen molar-refractivity contribution in [3.63, 3.8) is 0 Å². The third-order valence-corrected chi connectivity index (χ3v) is 6.80. The van der Waals surface area contributed by atoms with Gasteiger partial charge in [-0.05, 0) is 12.8 Å². The van der Waals surface area contributed by atoms with Crippen LogP contribution in [-0.4, -0.2) is 23.7 Å². The standard InChI is InChI=1S/C20H40O5S.Na/c1-3-5-7-9-10-11-12-13-14-16-18-20(19(21)22,26(23,24)25)17-15-8-6-4-2;/h3-18H2,1-2H3,(H,21,22)(H,23,24,25);/q;+1/p-1. The van der Waals surface area contributed by atoms with Crippen LogP contribution in [0.5, 0.6) is 0 Å². The van der Waals surface area contributed by atoms with Crippen LogP contribution in [0.3, 0.4) is 0 Å². The van der Waals surface area contributed by atoms with Gasteiger partial charge in [-0.15, -0.1) is 0 Å². The van der Waals surface area contributed by atoms with E-state index in [1.807, 2.05) is 6.92 Å². The fourth-order valence-electron chi connectivity index (χ4n) is 3.43. The van der Waals surface area contributed by atoms with Crippen molar-refractivity contribution in [2.45, 2.75) is 121 Å². The Kier molecular flexibility index (Phi) is 18.9. The van der Waals surface area contributed by atoms with Gasteiger partial charge in [-0.2, -0.15) is 8.42 Å². The number of rotatable bonds is 18. The van der Waals surface area contributed by atoms with Gasteiger partial charge in [-0.3, -0.25) is 4.55 Å². The number of hydrogen-bond acceptors (Lipinski definition) is 4. The zero-order valence-corrected chi connectivity index (χ0v) is 20.6. The SMILES string of the molecule is CCCCCCCCCCCCC(CCCCCC)(C(=O)[O-])S(=O)(=O)O.[Na+]. The van der Waals surface area contributed by atoms with Gasteiger partial charge in [0.25, 0.3) is 10.1 Å². The molecule has 0 saturated heterocycles. The molecule has 0 amide bonds. The monoisotopic (exact) mass is 414 g/mol. The first kappa shape index (κ1) is 29.6. The molecule has 156 valence electrons. The Hall–Kier alpha value is 0.380. The second-order valence-corrected chi connectivity index (χ2v) is 9.23. The molecule has 0 fully saturated rings. The Morgan fingerprint density at radius 3 is 1.33 bits per heavy atom. The minimum Gasteiger partial charge on any atom is -0.548 e. The summed E-state index contributed by atoms with van der Waals surface area (Å²) in [5, 5.41) is 11.6. The van der Waals surface area contributed by atoms with Crippen molar-refractivity contribution in [3.8, 4) is 0 Å². The van der Waals surface area contributed by atoms with E-state index in [4.69, 9.17) is 0 Å². The number of unbranched alkanes of at least 4 members (excludes halogenated alkanes) is 12. The largest absolute Gasteiger partial charge is 1.00 e. The maximum Gasteiger partial charge on any atom is 1.00 e. The summed E-state index contributed by atoms with van der Waals surface area (Å²) in [6.45, 7) is 4.22. The van der Waals surface area contributed by atoms with E-state index in [1.165, 1.54) is 38.5 Å². The molecular weight excluding hydrogens is 375 g/mol. The summed E-state index contributed by atoms with van der Waals surface area (Å²) in [7, 11) is -4.69. The molecule has 0 radical (unpaired) electrons.